The van der Waals surface area contributed by atoms with Gasteiger partial charge in [0, 0.05) is 48.6 Å². The molecule has 0 fully saturated rings. The number of benzene rings is 2. The highest BCUT2D eigenvalue weighted by Gasteiger charge is 2.18. The molecule has 0 spiro atoms. The van der Waals surface area contributed by atoms with Crippen molar-refractivity contribution >= 4 is 5.95 Å². The maximum atomic E-state index is 5.58. The SMILES string of the molecule is COc1ccc(CN(Cc2ccc(OC)cc2OC)c2nccc(OC)n2)c(OC)c1. The first-order chi connectivity index (χ1) is 15.1. The quantitative estimate of drug-likeness (QED) is 0.486. The Morgan fingerprint density at radius 2 is 1.23 bits per heavy atom. The summed E-state index contributed by atoms with van der Waals surface area (Å²) >= 11 is 0. The number of anilines is 1. The topological polar surface area (TPSA) is 75.2 Å². The van der Waals surface area contributed by atoms with E-state index in [-0.39, 0.29) is 0 Å². The van der Waals surface area contributed by atoms with Crippen molar-refractivity contribution in [3.63, 3.8) is 0 Å². The van der Waals surface area contributed by atoms with Crippen molar-refractivity contribution in [3.8, 4) is 28.9 Å². The van der Waals surface area contributed by atoms with Gasteiger partial charge in [0.2, 0.25) is 11.8 Å². The van der Waals surface area contributed by atoms with Gasteiger partial charge in [-0.2, -0.15) is 4.98 Å². The van der Waals surface area contributed by atoms with Crippen LogP contribution in [0.3, 0.4) is 0 Å². The van der Waals surface area contributed by atoms with Crippen LogP contribution in [-0.2, 0) is 13.1 Å². The van der Waals surface area contributed by atoms with Crippen molar-refractivity contribution in [1.82, 2.24) is 9.97 Å². The molecule has 164 valence electrons. The zero-order valence-corrected chi connectivity index (χ0v) is 18.4. The van der Waals surface area contributed by atoms with Crippen molar-refractivity contribution in [2.45, 2.75) is 13.1 Å². The summed E-state index contributed by atoms with van der Waals surface area (Å²) in [5.74, 6) is 3.89. The zero-order valence-electron chi connectivity index (χ0n) is 18.4. The van der Waals surface area contributed by atoms with Crippen LogP contribution >= 0.6 is 0 Å². The molecule has 0 aliphatic carbocycles. The Hall–Kier alpha value is -3.68. The molecule has 0 bridgehead atoms. The summed E-state index contributed by atoms with van der Waals surface area (Å²) in [7, 11) is 8.10. The molecule has 0 atom stereocenters. The molecule has 3 aromatic rings. The molecule has 3 rings (SSSR count). The van der Waals surface area contributed by atoms with Crippen LogP contribution in [0.25, 0.3) is 0 Å². The maximum Gasteiger partial charge on any atom is 0.229 e. The highest BCUT2D eigenvalue weighted by atomic mass is 16.5. The molecule has 0 saturated heterocycles. The van der Waals surface area contributed by atoms with Crippen molar-refractivity contribution in [2.24, 2.45) is 0 Å². The van der Waals surface area contributed by atoms with E-state index in [0.717, 1.165) is 22.6 Å². The molecule has 0 radical (unpaired) electrons. The second kappa shape index (κ2) is 10.4. The van der Waals surface area contributed by atoms with Crippen LogP contribution in [0.1, 0.15) is 11.1 Å². The van der Waals surface area contributed by atoms with E-state index >= 15 is 0 Å². The summed E-state index contributed by atoms with van der Waals surface area (Å²) in [6, 6.07) is 13.2. The van der Waals surface area contributed by atoms with Crippen LogP contribution in [0, 0.1) is 0 Å². The Bertz CT molecular complexity index is 955. The molecule has 0 N–H and O–H groups in total. The molecule has 1 aromatic heterocycles. The molecule has 0 saturated carbocycles. The second-order valence-corrected chi connectivity index (χ2v) is 6.61. The van der Waals surface area contributed by atoms with E-state index in [1.807, 2.05) is 41.3 Å². The number of ether oxygens (including phenoxy) is 5. The third-order valence-electron chi connectivity index (χ3n) is 4.82. The van der Waals surface area contributed by atoms with Gasteiger partial charge < -0.3 is 28.6 Å². The highest BCUT2D eigenvalue weighted by Crippen LogP contribution is 2.30. The van der Waals surface area contributed by atoms with Gasteiger partial charge in [0.05, 0.1) is 35.5 Å². The van der Waals surface area contributed by atoms with Crippen LogP contribution in [0.15, 0.2) is 48.7 Å². The van der Waals surface area contributed by atoms with Crippen molar-refractivity contribution in [1.29, 1.82) is 0 Å². The molecule has 8 nitrogen and oxygen atoms in total. The largest absolute Gasteiger partial charge is 0.497 e. The minimum absolute atomic E-state index is 0.485. The molecule has 1 heterocycles. The summed E-state index contributed by atoms with van der Waals surface area (Å²) in [4.78, 5) is 11.0. The van der Waals surface area contributed by atoms with E-state index < -0.39 is 0 Å². The van der Waals surface area contributed by atoms with Crippen LogP contribution in [0.5, 0.6) is 28.9 Å². The first kappa shape index (κ1) is 22.0. The van der Waals surface area contributed by atoms with Crippen LogP contribution in [0.4, 0.5) is 5.95 Å². The average molecular weight is 425 g/mol. The molecule has 0 amide bonds. The van der Waals surface area contributed by atoms with Crippen LogP contribution in [0.2, 0.25) is 0 Å². The van der Waals surface area contributed by atoms with Crippen molar-refractivity contribution < 1.29 is 23.7 Å². The lowest BCUT2D eigenvalue weighted by molar-refractivity contribution is 0.388. The summed E-state index contributed by atoms with van der Waals surface area (Å²) < 4.78 is 27.1. The van der Waals surface area contributed by atoms with Gasteiger partial charge in [0.15, 0.2) is 0 Å². The Morgan fingerprint density at radius 1 is 0.677 bits per heavy atom. The third kappa shape index (κ3) is 5.28. The predicted octanol–water partition coefficient (Wildman–Crippen LogP) is 3.73. The zero-order chi connectivity index (χ0) is 22.2. The van der Waals surface area contributed by atoms with E-state index in [1.54, 1.807) is 47.8 Å². The van der Waals surface area contributed by atoms with E-state index in [9.17, 15) is 0 Å². The highest BCUT2D eigenvalue weighted by molar-refractivity contribution is 5.47. The Balaban J connectivity index is 2.00. The van der Waals surface area contributed by atoms with E-state index in [1.165, 1.54) is 0 Å². The Labute approximate surface area is 182 Å². The summed E-state index contributed by atoms with van der Waals surface area (Å²) in [6.07, 6.45) is 1.67. The molecule has 0 aliphatic heterocycles. The minimum Gasteiger partial charge on any atom is -0.497 e. The Kier molecular flexibility index (Phi) is 7.37. The van der Waals surface area contributed by atoms with Gasteiger partial charge in [-0.25, -0.2) is 4.98 Å². The number of hydrogen-bond acceptors (Lipinski definition) is 8. The lowest BCUT2D eigenvalue weighted by atomic mass is 10.1. The standard InChI is InChI=1S/C23H27N3O5/c1-27-18-8-6-16(20(12-18)29-3)14-26(23-24-11-10-22(25-23)31-5)15-17-7-9-19(28-2)13-21(17)30-4/h6-13H,14-15H2,1-5H3. The third-order valence-corrected chi connectivity index (χ3v) is 4.82. The number of hydrogen-bond donors (Lipinski definition) is 0. The number of rotatable bonds is 10. The molecule has 31 heavy (non-hydrogen) atoms. The lowest BCUT2D eigenvalue weighted by Crippen LogP contribution is -2.25. The fourth-order valence-electron chi connectivity index (χ4n) is 3.17. The average Bonchev–Trinajstić information content (AvgIpc) is 2.83. The first-order valence-corrected chi connectivity index (χ1v) is 9.65. The number of methoxy groups -OCH3 is 5. The van der Waals surface area contributed by atoms with Crippen LogP contribution in [-0.4, -0.2) is 45.5 Å². The van der Waals surface area contributed by atoms with Gasteiger partial charge in [0.25, 0.3) is 0 Å². The molecule has 2 aromatic carbocycles. The monoisotopic (exact) mass is 425 g/mol. The van der Waals surface area contributed by atoms with E-state index in [4.69, 9.17) is 23.7 Å². The van der Waals surface area contributed by atoms with Gasteiger partial charge in [-0.3, -0.25) is 0 Å². The van der Waals surface area contributed by atoms with Crippen LogP contribution < -0.4 is 28.6 Å². The van der Waals surface area contributed by atoms with Gasteiger partial charge in [-0.1, -0.05) is 0 Å². The molecule has 0 aliphatic rings. The van der Waals surface area contributed by atoms with E-state index in [2.05, 4.69) is 9.97 Å². The minimum atomic E-state index is 0.485. The molecule has 8 heteroatoms. The first-order valence-electron chi connectivity index (χ1n) is 9.65. The fraction of sp³-hybridized carbons (Fsp3) is 0.304. The van der Waals surface area contributed by atoms with Gasteiger partial charge in [0.1, 0.15) is 23.0 Å². The molecular formula is C23H27N3O5. The summed E-state index contributed by atoms with van der Waals surface area (Å²) in [5, 5.41) is 0. The van der Waals surface area contributed by atoms with Crippen molar-refractivity contribution in [2.75, 3.05) is 40.4 Å². The van der Waals surface area contributed by atoms with Gasteiger partial charge in [-0.15, -0.1) is 0 Å². The number of aromatic nitrogens is 2. The molecular weight excluding hydrogens is 398 g/mol. The second-order valence-electron chi connectivity index (χ2n) is 6.61. The predicted molar refractivity (Wildman–Crippen MR) is 118 cm³/mol. The number of nitrogens with zero attached hydrogens (tertiary/aromatic N) is 3. The molecule has 0 unspecified atom stereocenters. The van der Waals surface area contributed by atoms with Gasteiger partial charge >= 0.3 is 0 Å². The summed E-state index contributed by atoms with van der Waals surface area (Å²) in [5.41, 5.74) is 1.92. The fourth-order valence-corrected chi connectivity index (χ4v) is 3.17. The summed E-state index contributed by atoms with van der Waals surface area (Å²) in [6.45, 7) is 0.991. The van der Waals surface area contributed by atoms with E-state index in [0.29, 0.717) is 36.4 Å². The smallest absolute Gasteiger partial charge is 0.229 e. The van der Waals surface area contributed by atoms with Gasteiger partial charge in [-0.05, 0) is 24.3 Å². The normalized spacial score (nSPS) is 10.4. The Morgan fingerprint density at radius 3 is 1.68 bits per heavy atom. The van der Waals surface area contributed by atoms with Crippen molar-refractivity contribution in [3.05, 3.63) is 59.8 Å². The lowest BCUT2D eigenvalue weighted by Gasteiger charge is -2.25. The maximum absolute atomic E-state index is 5.58.